The van der Waals surface area contributed by atoms with Gasteiger partial charge in [-0.2, -0.15) is 0 Å². The minimum atomic E-state index is -0.161. The van der Waals surface area contributed by atoms with Crippen molar-refractivity contribution in [2.24, 2.45) is 5.92 Å². The van der Waals surface area contributed by atoms with E-state index in [0.29, 0.717) is 48.3 Å². The van der Waals surface area contributed by atoms with Crippen molar-refractivity contribution in [2.75, 3.05) is 31.6 Å². The monoisotopic (exact) mass is 398 g/mol. The highest BCUT2D eigenvalue weighted by Crippen LogP contribution is 2.40. The molecule has 1 aliphatic carbocycles. The van der Waals surface area contributed by atoms with Crippen molar-refractivity contribution in [3.05, 3.63) is 51.4 Å². The lowest BCUT2D eigenvalue weighted by Gasteiger charge is -2.28. The predicted octanol–water partition coefficient (Wildman–Crippen LogP) is 3.91. The van der Waals surface area contributed by atoms with E-state index in [1.54, 1.807) is 17.4 Å². The number of anilines is 1. The minimum Gasteiger partial charge on any atom is -0.378 e. The molecule has 1 aromatic heterocycles. The Morgan fingerprint density at radius 2 is 2.04 bits per heavy atom. The molecule has 0 spiro atoms. The van der Waals surface area contributed by atoms with Crippen LogP contribution in [0.2, 0.25) is 0 Å². The molecule has 0 bridgehead atoms. The van der Waals surface area contributed by atoms with Gasteiger partial charge in [0.05, 0.1) is 18.8 Å². The molecule has 1 aliphatic heterocycles. The smallest absolute Gasteiger partial charge is 0.257 e. The maximum absolute atomic E-state index is 13.3. The zero-order chi connectivity index (χ0) is 19.7. The highest BCUT2D eigenvalue weighted by Gasteiger charge is 2.31. The van der Waals surface area contributed by atoms with Crippen molar-refractivity contribution < 1.29 is 14.3 Å². The summed E-state index contributed by atoms with van der Waals surface area (Å²) in [7, 11) is 0. The van der Waals surface area contributed by atoms with Gasteiger partial charge in [0, 0.05) is 23.5 Å². The number of morpholine rings is 1. The first-order valence-corrected chi connectivity index (χ1v) is 10.7. The summed E-state index contributed by atoms with van der Waals surface area (Å²) in [5, 5.41) is 3.74. The summed E-state index contributed by atoms with van der Waals surface area (Å²) in [6.45, 7) is 6.56. The van der Waals surface area contributed by atoms with Crippen LogP contribution in [0.25, 0.3) is 0 Å². The highest BCUT2D eigenvalue weighted by molar-refractivity contribution is 7.17. The van der Waals surface area contributed by atoms with E-state index in [0.717, 1.165) is 30.4 Å². The number of nitrogens with zero attached hydrogens (tertiary/aromatic N) is 1. The number of hydrogen-bond donors (Lipinski definition) is 1. The lowest BCUT2D eigenvalue weighted by atomic mass is 9.88. The molecule has 0 radical (unpaired) electrons. The van der Waals surface area contributed by atoms with E-state index in [9.17, 15) is 9.59 Å². The third kappa shape index (κ3) is 3.84. The van der Waals surface area contributed by atoms with E-state index in [4.69, 9.17) is 4.74 Å². The summed E-state index contributed by atoms with van der Waals surface area (Å²) < 4.78 is 5.40. The van der Waals surface area contributed by atoms with E-state index in [-0.39, 0.29) is 11.8 Å². The molecule has 0 saturated carbocycles. The van der Waals surface area contributed by atoms with Gasteiger partial charge in [-0.25, -0.2) is 0 Å². The van der Waals surface area contributed by atoms with Crippen LogP contribution in [0.15, 0.2) is 24.3 Å². The Labute approximate surface area is 169 Å². The maximum Gasteiger partial charge on any atom is 0.257 e. The van der Waals surface area contributed by atoms with Crippen molar-refractivity contribution in [3.8, 4) is 0 Å². The van der Waals surface area contributed by atoms with E-state index < -0.39 is 0 Å². The first kappa shape index (κ1) is 19.2. The van der Waals surface area contributed by atoms with E-state index in [2.05, 4.69) is 12.2 Å². The van der Waals surface area contributed by atoms with E-state index >= 15 is 0 Å². The van der Waals surface area contributed by atoms with E-state index in [1.165, 1.54) is 4.88 Å². The number of benzene rings is 1. The van der Waals surface area contributed by atoms with Gasteiger partial charge in [-0.3, -0.25) is 9.59 Å². The van der Waals surface area contributed by atoms with Crippen LogP contribution in [0.4, 0.5) is 5.00 Å². The molecule has 28 heavy (non-hydrogen) atoms. The normalized spacial score (nSPS) is 19.2. The number of hydrogen-bond acceptors (Lipinski definition) is 4. The molecule has 4 rings (SSSR count). The number of nitrogens with one attached hydrogen (secondary N) is 1. The summed E-state index contributed by atoms with van der Waals surface area (Å²) in [6, 6.07) is 7.52. The van der Waals surface area contributed by atoms with E-state index in [1.807, 2.05) is 30.0 Å². The zero-order valence-corrected chi connectivity index (χ0v) is 17.2. The quantitative estimate of drug-likeness (QED) is 0.853. The zero-order valence-electron chi connectivity index (χ0n) is 16.4. The topological polar surface area (TPSA) is 58.6 Å². The van der Waals surface area contributed by atoms with Crippen LogP contribution in [0.3, 0.4) is 0 Å². The summed E-state index contributed by atoms with van der Waals surface area (Å²) in [4.78, 5) is 29.3. The molecular formula is C22H26N2O3S. The lowest BCUT2D eigenvalue weighted by Crippen LogP contribution is -2.41. The highest BCUT2D eigenvalue weighted by atomic mass is 32.1. The van der Waals surface area contributed by atoms with Gasteiger partial charge in [-0.15, -0.1) is 11.3 Å². The van der Waals surface area contributed by atoms with Crippen LogP contribution >= 0.6 is 11.3 Å². The van der Waals surface area contributed by atoms with Crippen LogP contribution in [-0.4, -0.2) is 43.0 Å². The molecule has 1 aromatic carbocycles. The molecule has 148 valence electrons. The first-order chi connectivity index (χ1) is 13.5. The predicted molar refractivity (Wildman–Crippen MR) is 111 cm³/mol. The van der Waals surface area contributed by atoms with Gasteiger partial charge in [0.1, 0.15) is 5.00 Å². The Balaban J connectivity index is 1.67. The minimum absolute atomic E-state index is 0.0231. The fourth-order valence-electron chi connectivity index (χ4n) is 3.95. The van der Waals surface area contributed by atoms with Crippen molar-refractivity contribution in [1.82, 2.24) is 4.90 Å². The number of carbonyl (C=O) groups is 2. The van der Waals surface area contributed by atoms with Crippen LogP contribution < -0.4 is 5.32 Å². The first-order valence-electron chi connectivity index (χ1n) is 9.92. The van der Waals surface area contributed by atoms with Gasteiger partial charge in [-0.05, 0) is 49.8 Å². The molecule has 2 aliphatic rings. The van der Waals surface area contributed by atoms with Gasteiger partial charge < -0.3 is 15.0 Å². The second-order valence-electron chi connectivity index (χ2n) is 7.78. The molecule has 2 amide bonds. The van der Waals surface area contributed by atoms with Crippen LogP contribution in [0.1, 0.15) is 50.1 Å². The Morgan fingerprint density at radius 1 is 1.25 bits per heavy atom. The fraction of sp³-hybridized carbons (Fsp3) is 0.455. The SMILES string of the molecule is Cc1cccc(C(=O)Nc2sc3c(c2C(=O)N2CCOCC2)CC[C@H](C)C3)c1. The lowest BCUT2D eigenvalue weighted by molar-refractivity contribution is 0.0303. The number of amides is 2. The van der Waals surface area contributed by atoms with Gasteiger partial charge in [0.15, 0.2) is 0 Å². The van der Waals surface area contributed by atoms with Crippen molar-refractivity contribution in [2.45, 2.75) is 33.1 Å². The Morgan fingerprint density at radius 3 is 2.79 bits per heavy atom. The number of rotatable bonds is 3. The van der Waals surface area contributed by atoms with Gasteiger partial charge in [-0.1, -0.05) is 24.6 Å². The van der Waals surface area contributed by atoms with Crippen LogP contribution in [0.5, 0.6) is 0 Å². The third-order valence-electron chi connectivity index (χ3n) is 5.53. The molecule has 6 heteroatoms. The number of ether oxygens (including phenoxy) is 1. The van der Waals surface area contributed by atoms with Crippen molar-refractivity contribution in [1.29, 1.82) is 0 Å². The molecular weight excluding hydrogens is 372 g/mol. The molecule has 0 unspecified atom stereocenters. The molecule has 2 heterocycles. The molecule has 2 aromatic rings. The molecule has 1 atom stereocenters. The van der Waals surface area contributed by atoms with Gasteiger partial charge in [0.25, 0.3) is 11.8 Å². The molecule has 1 fully saturated rings. The largest absolute Gasteiger partial charge is 0.378 e. The standard InChI is InChI=1S/C22H26N2O3S/c1-14-4-3-5-16(12-14)20(25)23-21-19(22(26)24-8-10-27-11-9-24)17-7-6-15(2)13-18(17)28-21/h3-5,12,15H,6-11,13H2,1-2H3,(H,23,25)/t15-/m0/s1. The summed E-state index contributed by atoms with van der Waals surface area (Å²) in [5.41, 5.74) is 3.50. The number of fused-ring (bicyclic) bond motifs is 1. The Kier molecular flexibility index (Phi) is 5.51. The number of thiophene rings is 1. The molecule has 1 saturated heterocycles. The van der Waals surface area contributed by atoms with Gasteiger partial charge >= 0.3 is 0 Å². The van der Waals surface area contributed by atoms with Gasteiger partial charge in [0.2, 0.25) is 0 Å². The van der Waals surface area contributed by atoms with Crippen LogP contribution in [0, 0.1) is 12.8 Å². The average Bonchev–Trinajstić information content (AvgIpc) is 3.04. The Bertz CT molecular complexity index is 899. The second kappa shape index (κ2) is 8.05. The summed E-state index contributed by atoms with van der Waals surface area (Å²) in [6.07, 6.45) is 2.96. The summed E-state index contributed by atoms with van der Waals surface area (Å²) >= 11 is 1.57. The molecule has 5 nitrogen and oxygen atoms in total. The summed E-state index contributed by atoms with van der Waals surface area (Å²) in [5.74, 6) is 0.471. The third-order valence-corrected chi connectivity index (χ3v) is 6.70. The second-order valence-corrected chi connectivity index (χ2v) is 8.89. The number of aryl methyl sites for hydroxylation is 1. The fourth-order valence-corrected chi connectivity index (χ4v) is 5.35. The van der Waals surface area contributed by atoms with Crippen molar-refractivity contribution in [3.63, 3.8) is 0 Å². The average molecular weight is 399 g/mol. The maximum atomic E-state index is 13.3. The van der Waals surface area contributed by atoms with Crippen molar-refractivity contribution >= 4 is 28.2 Å². The number of carbonyl (C=O) groups excluding carboxylic acids is 2. The molecule has 1 N–H and O–H groups in total. The van der Waals surface area contributed by atoms with Crippen LogP contribution in [-0.2, 0) is 17.6 Å². The Hall–Kier alpha value is -2.18.